The average Bonchev–Trinajstić information content (AvgIpc) is 3.36. The standard InChI is InChI=1S/C28H34N2O2S/c1-3-5-10-23-14-16-25(17-15-23)28(32)29(18-4-2)22-27(31)30(21-26-13-9-19-33-26)20-24-11-7-6-8-12-24/h6-9,11-17,19H,3-5,10,18,20-22H2,1-2H3. The van der Waals surface area contributed by atoms with Crippen LogP contribution < -0.4 is 0 Å². The maximum absolute atomic E-state index is 13.4. The molecule has 0 aliphatic heterocycles. The summed E-state index contributed by atoms with van der Waals surface area (Å²) >= 11 is 1.64. The van der Waals surface area contributed by atoms with Crippen molar-refractivity contribution in [3.63, 3.8) is 0 Å². The van der Waals surface area contributed by atoms with Crippen molar-refractivity contribution in [1.82, 2.24) is 9.80 Å². The maximum atomic E-state index is 13.4. The number of nitrogens with zero attached hydrogens (tertiary/aromatic N) is 2. The molecule has 2 aromatic carbocycles. The molecule has 0 N–H and O–H groups in total. The van der Waals surface area contributed by atoms with E-state index < -0.39 is 0 Å². The third kappa shape index (κ3) is 7.57. The van der Waals surface area contributed by atoms with E-state index in [9.17, 15) is 9.59 Å². The Labute approximate surface area is 201 Å². The predicted molar refractivity (Wildman–Crippen MR) is 136 cm³/mol. The van der Waals surface area contributed by atoms with Gasteiger partial charge in [0.2, 0.25) is 5.91 Å². The van der Waals surface area contributed by atoms with Gasteiger partial charge in [-0.1, -0.05) is 68.8 Å². The molecule has 0 aliphatic rings. The Morgan fingerprint density at radius 2 is 1.55 bits per heavy atom. The first kappa shape index (κ1) is 24.7. The molecule has 0 spiro atoms. The minimum Gasteiger partial charge on any atom is -0.332 e. The molecule has 5 heteroatoms. The number of aryl methyl sites for hydroxylation is 1. The van der Waals surface area contributed by atoms with Crippen LogP contribution in [0.25, 0.3) is 0 Å². The zero-order chi connectivity index (χ0) is 23.5. The number of thiophene rings is 1. The molecule has 0 bridgehead atoms. The van der Waals surface area contributed by atoms with Gasteiger partial charge in [0, 0.05) is 23.5 Å². The van der Waals surface area contributed by atoms with Crippen LogP contribution in [0.5, 0.6) is 0 Å². The number of amides is 2. The number of benzene rings is 2. The summed E-state index contributed by atoms with van der Waals surface area (Å²) in [5.41, 5.74) is 2.97. The summed E-state index contributed by atoms with van der Waals surface area (Å²) in [7, 11) is 0. The molecule has 0 aliphatic carbocycles. The lowest BCUT2D eigenvalue weighted by molar-refractivity contribution is -0.133. The fourth-order valence-electron chi connectivity index (χ4n) is 3.79. The lowest BCUT2D eigenvalue weighted by atomic mass is 10.1. The fourth-order valence-corrected chi connectivity index (χ4v) is 4.51. The van der Waals surface area contributed by atoms with Crippen LogP contribution in [-0.2, 0) is 24.3 Å². The number of carbonyl (C=O) groups is 2. The van der Waals surface area contributed by atoms with Crippen LogP contribution >= 0.6 is 11.3 Å². The molecule has 1 aromatic heterocycles. The van der Waals surface area contributed by atoms with Crippen molar-refractivity contribution in [2.75, 3.05) is 13.1 Å². The van der Waals surface area contributed by atoms with E-state index in [-0.39, 0.29) is 18.4 Å². The first-order valence-corrected chi connectivity index (χ1v) is 12.7. The molecular formula is C28H34N2O2S. The quantitative estimate of drug-likeness (QED) is 0.323. The molecule has 1 heterocycles. The van der Waals surface area contributed by atoms with Crippen LogP contribution in [0.15, 0.2) is 72.1 Å². The molecular weight excluding hydrogens is 428 g/mol. The topological polar surface area (TPSA) is 40.6 Å². The van der Waals surface area contributed by atoms with Gasteiger partial charge in [-0.05, 0) is 54.0 Å². The van der Waals surface area contributed by atoms with Crippen molar-refractivity contribution >= 4 is 23.2 Å². The van der Waals surface area contributed by atoms with Crippen molar-refractivity contribution in [3.8, 4) is 0 Å². The van der Waals surface area contributed by atoms with E-state index in [1.807, 2.05) is 83.9 Å². The summed E-state index contributed by atoms with van der Waals surface area (Å²) in [5.74, 6) is -0.114. The summed E-state index contributed by atoms with van der Waals surface area (Å²) in [4.78, 5) is 31.3. The predicted octanol–water partition coefficient (Wildman–Crippen LogP) is 6.17. The molecule has 0 saturated carbocycles. The summed E-state index contributed by atoms with van der Waals surface area (Å²) in [6.45, 7) is 5.93. The van der Waals surface area contributed by atoms with Crippen molar-refractivity contribution in [2.45, 2.75) is 52.6 Å². The van der Waals surface area contributed by atoms with E-state index in [1.165, 1.54) is 5.56 Å². The smallest absolute Gasteiger partial charge is 0.254 e. The molecule has 3 rings (SSSR count). The second-order valence-corrected chi connectivity index (χ2v) is 9.37. The number of rotatable bonds is 12. The van der Waals surface area contributed by atoms with Crippen molar-refractivity contribution in [2.24, 2.45) is 0 Å². The van der Waals surface area contributed by atoms with E-state index in [4.69, 9.17) is 0 Å². The lowest BCUT2D eigenvalue weighted by Crippen LogP contribution is -2.42. The van der Waals surface area contributed by atoms with Gasteiger partial charge in [0.25, 0.3) is 5.91 Å². The van der Waals surface area contributed by atoms with Gasteiger partial charge in [0.1, 0.15) is 6.54 Å². The van der Waals surface area contributed by atoms with Crippen LogP contribution in [0.3, 0.4) is 0 Å². The Morgan fingerprint density at radius 3 is 2.18 bits per heavy atom. The third-order valence-electron chi connectivity index (χ3n) is 5.62. The Kier molecular flexibility index (Phi) is 9.70. The molecule has 0 saturated heterocycles. The summed E-state index contributed by atoms with van der Waals surface area (Å²) in [6.07, 6.45) is 4.12. The Hall–Kier alpha value is -2.92. The van der Waals surface area contributed by atoms with Crippen LogP contribution in [0, 0.1) is 0 Å². The highest BCUT2D eigenvalue weighted by Gasteiger charge is 2.22. The minimum atomic E-state index is -0.0805. The van der Waals surface area contributed by atoms with Crippen molar-refractivity contribution in [3.05, 3.63) is 93.7 Å². The number of hydrogen-bond acceptors (Lipinski definition) is 3. The number of unbranched alkanes of at least 4 members (excludes halogenated alkanes) is 1. The highest BCUT2D eigenvalue weighted by Crippen LogP contribution is 2.16. The molecule has 174 valence electrons. The lowest BCUT2D eigenvalue weighted by Gasteiger charge is -2.27. The molecule has 2 amide bonds. The second kappa shape index (κ2) is 12.9. The third-order valence-corrected chi connectivity index (χ3v) is 6.48. The monoisotopic (exact) mass is 462 g/mol. The summed E-state index contributed by atoms with van der Waals surface area (Å²) in [5, 5.41) is 2.03. The van der Waals surface area contributed by atoms with E-state index >= 15 is 0 Å². The minimum absolute atomic E-state index is 0.0337. The van der Waals surface area contributed by atoms with Crippen LogP contribution in [0.1, 0.15) is 59.5 Å². The van der Waals surface area contributed by atoms with Crippen molar-refractivity contribution in [1.29, 1.82) is 0 Å². The second-order valence-electron chi connectivity index (χ2n) is 8.34. The zero-order valence-electron chi connectivity index (χ0n) is 19.7. The van der Waals surface area contributed by atoms with E-state index in [2.05, 4.69) is 6.92 Å². The molecule has 33 heavy (non-hydrogen) atoms. The highest BCUT2D eigenvalue weighted by molar-refractivity contribution is 7.09. The maximum Gasteiger partial charge on any atom is 0.254 e. The van der Waals surface area contributed by atoms with E-state index in [0.29, 0.717) is 25.2 Å². The summed E-state index contributed by atoms with van der Waals surface area (Å²) < 4.78 is 0. The van der Waals surface area contributed by atoms with Gasteiger partial charge >= 0.3 is 0 Å². The van der Waals surface area contributed by atoms with Gasteiger partial charge in [0.15, 0.2) is 0 Å². The van der Waals surface area contributed by atoms with Crippen molar-refractivity contribution < 1.29 is 9.59 Å². The van der Waals surface area contributed by atoms with Gasteiger partial charge in [0.05, 0.1) is 6.54 Å². The van der Waals surface area contributed by atoms with Gasteiger partial charge in [-0.3, -0.25) is 9.59 Å². The molecule has 0 radical (unpaired) electrons. The normalized spacial score (nSPS) is 10.7. The van der Waals surface area contributed by atoms with Crippen LogP contribution in [-0.4, -0.2) is 34.7 Å². The van der Waals surface area contributed by atoms with E-state index in [0.717, 1.165) is 36.1 Å². The first-order valence-electron chi connectivity index (χ1n) is 11.8. The van der Waals surface area contributed by atoms with Crippen LogP contribution in [0.2, 0.25) is 0 Å². The Balaban J connectivity index is 1.73. The van der Waals surface area contributed by atoms with Gasteiger partial charge in [-0.15, -0.1) is 11.3 Å². The molecule has 0 fully saturated rings. The molecule has 3 aromatic rings. The average molecular weight is 463 g/mol. The SMILES string of the molecule is CCCCc1ccc(C(=O)N(CCC)CC(=O)N(Cc2ccccc2)Cc2cccs2)cc1. The van der Waals surface area contributed by atoms with Gasteiger partial charge in [-0.2, -0.15) is 0 Å². The largest absolute Gasteiger partial charge is 0.332 e. The Morgan fingerprint density at radius 1 is 0.788 bits per heavy atom. The molecule has 0 unspecified atom stereocenters. The summed E-state index contributed by atoms with van der Waals surface area (Å²) in [6, 6.07) is 21.9. The number of hydrogen-bond donors (Lipinski definition) is 0. The Bertz CT molecular complexity index is 985. The number of carbonyl (C=O) groups excluding carboxylic acids is 2. The van der Waals surface area contributed by atoms with Crippen LogP contribution in [0.4, 0.5) is 0 Å². The first-order chi connectivity index (χ1) is 16.1. The molecule has 4 nitrogen and oxygen atoms in total. The van der Waals surface area contributed by atoms with Gasteiger partial charge < -0.3 is 9.80 Å². The van der Waals surface area contributed by atoms with Gasteiger partial charge in [-0.25, -0.2) is 0 Å². The highest BCUT2D eigenvalue weighted by atomic mass is 32.1. The fraction of sp³-hybridized carbons (Fsp3) is 0.357. The van der Waals surface area contributed by atoms with E-state index in [1.54, 1.807) is 16.2 Å². The zero-order valence-corrected chi connectivity index (χ0v) is 20.5. The molecule has 0 atom stereocenters.